The van der Waals surface area contributed by atoms with E-state index in [2.05, 4.69) is 4.98 Å². The Morgan fingerprint density at radius 2 is 2.14 bits per heavy atom. The normalized spacial score (nSPS) is 13.4. The molecule has 1 aromatic rings. The van der Waals surface area contributed by atoms with Crippen LogP contribution in [0.3, 0.4) is 0 Å². The highest BCUT2D eigenvalue weighted by molar-refractivity contribution is 5.23. The van der Waals surface area contributed by atoms with Gasteiger partial charge in [-0.25, -0.2) is 0 Å². The Hall–Kier alpha value is -1.61. The molecule has 0 aliphatic carbocycles. The molecule has 14 heavy (non-hydrogen) atoms. The molecule has 0 aliphatic rings. The van der Waals surface area contributed by atoms with Crippen LogP contribution in [0, 0.1) is 11.3 Å². The summed E-state index contributed by atoms with van der Waals surface area (Å²) in [4.78, 5) is 3.58. The van der Waals surface area contributed by atoms with E-state index in [1.54, 1.807) is 6.07 Å². The van der Waals surface area contributed by atoms with Gasteiger partial charge in [-0.05, 0) is 12.1 Å². The number of hydrogen-bond acceptors (Lipinski definition) is 3. The predicted molar refractivity (Wildman–Crippen MR) is 41.8 cm³/mol. The molecule has 2 N–H and O–H groups in total. The number of nitrogens with two attached hydrogens (primary N) is 1. The Labute approximate surface area is 78.0 Å². The summed E-state index contributed by atoms with van der Waals surface area (Å²) in [5, 5.41) is 8.39. The number of nitriles is 1. The summed E-state index contributed by atoms with van der Waals surface area (Å²) in [6, 6.07) is 2.08. The summed E-state index contributed by atoms with van der Waals surface area (Å²) in [5.41, 5.74) is 4.28. The summed E-state index contributed by atoms with van der Waals surface area (Å²) >= 11 is 0. The van der Waals surface area contributed by atoms with Crippen molar-refractivity contribution in [1.82, 2.24) is 4.98 Å². The molecule has 3 nitrogen and oxygen atoms in total. The monoisotopic (exact) mass is 201 g/mol. The summed E-state index contributed by atoms with van der Waals surface area (Å²) in [6.45, 7) is 0. The van der Waals surface area contributed by atoms with Crippen molar-refractivity contribution < 1.29 is 13.2 Å². The van der Waals surface area contributed by atoms with Crippen LogP contribution >= 0.6 is 0 Å². The second-order valence-electron chi connectivity index (χ2n) is 2.57. The third kappa shape index (κ3) is 2.20. The lowest BCUT2D eigenvalue weighted by molar-refractivity contribution is -0.137. The highest BCUT2D eigenvalue weighted by atomic mass is 19.4. The molecule has 0 aromatic carbocycles. The molecule has 0 unspecified atom stereocenters. The molecular formula is C8H6F3N3. The van der Waals surface area contributed by atoms with Crippen molar-refractivity contribution in [3.8, 4) is 6.07 Å². The predicted octanol–water partition coefficient (Wildman–Crippen LogP) is 1.62. The van der Waals surface area contributed by atoms with Crippen LogP contribution in [0.5, 0.6) is 0 Å². The summed E-state index contributed by atoms with van der Waals surface area (Å²) < 4.78 is 36.6. The fourth-order valence-electron chi connectivity index (χ4n) is 0.861. The molecule has 0 saturated carbocycles. The van der Waals surface area contributed by atoms with Crippen LogP contribution in [-0.4, -0.2) is 4.98 Å². The number of halogens is 3. The number of rotatable bonds is 1. The first-order valence-electron chi connectivity index (χ1n) is 3.63. The minimum absolute atomic E-state index is 0.0812. The molecule has 1 atom stereocenters. The highest BCUT2D eigenvalue weighted by Crippen LogP contribution is 2.29. The zero-order valence-corrected chi connectivity index (χ0v) is 6.92. The lowest BCUT2D eigenvalue weighted by Gasteiger charge is -2.08. The van der Waals surface area contributed by atoms with Crippen LogP contribution in [0.15, 0.2) is 18.3 Å². The van der Waals surface area contributed by atoms with Gasteiger partial charge >= 0.3 is 6.18 Å². The third-order valence-corrected chi connectivity index (χ3v) is 1.57. The Kier molecular flexibility index (Phi) is 2.72. The van der Waals surface area contributed by atoms with Crippen molar-refractivity contribution in [2.24, 2.45) is 5.73 Å². The van der Waals surface area contributed by atoms with Gasteiger partial charge < -0.3 is 5.73 Å². The molecule has 0 saturated heterocycles. The molecule has 74 valence electrons. The molecule has 0 radical (unpaired) electrons. The number of nitrogens with zero attached hydrogens (tertiary/aromatic N) is 2. The van der Waals surface area contributed by atoms with Gasteiger partial charge in [0.05, 0.1) is 17.3 Å². The highest BCUT2D eigenvalue weighted by Gasteiger charge is 2.31. The number of pyridine rings is 1. The van der Waals surface area contributed by atoms with Crippen LogP contribution in [0.4, 0.5) is 13.2 Å². The van der Waals surface area contributed by atoms with Gasteiger partial charge in [-0.3, -0.25) is 4.98 Å². The molecule has 1 aromatic heterocycles. The molecule has 0 fully saturated rings. The maximum absolute atomic E-state index is 12.2. The van der Waals surface area contributed by atoms with Crippen LogP contribution in [0.1, 0.15) is 17.3 Å². The molecular weight excluding hydrogens is 195 g/mol. The Morgan fingerprint density at radius 3 is 2.64 bits per heavy atom. The van der Waals surface area contributed by atoms with Crippen LogP contribution in [0.25, 0.3) is 0 Å². The van der Waals surface area contributed by atoms with Gasteiger partial charge in [0.15, 0.2) is 0 Å². The first kappa shape index (κ1) is 10.5. The van der Waals surface area contributed by atoms with Crippen molar-refractivity contribution >= 4 is 0 Å². The van der Waals surface area contributed by atoms with E-state index in [1.807, 2.05) is 0 Å². The third-order valence-electron chi connectivity index (χ3n) is 1.57. The molecule has 6 heteroatoms. The molecule has 0 bridgehead atoms. The van der Waals surface area contributed by atoms with Crippen molar-refractivity contribution in [3.05, 3.63) is 29.6 Å². The minimum Gasteiger partial charge on any atom is -0.311 e. The first-order chi connectivity index (χ1) is 6.45. The van der Waals surface area contributed by atoms with E-state index in [-0.39, 0.29) is 5.69 Å². The van der Waals surface area contributed by atoms with Gasteiger partial charge in [-0.2, -0.15) is 18.4 Å². The zero-order chi connectivity index (χ0) is 10.8. The van der Waals surface area contributed by atoms with Gasteiger partial charge in [-0.15, -0.1) is 0 Å². The summed E-state index contributed by atoms with van der Waals surface area (Å²) in [7, 11) is 0. The van der Waals surface area contributed by atoms with E-state index < -0.39 is 17.8 Å². The summed E-state index contributed by atoms with van der Waals surface area (Å²) in [5.74, 6) is 0. The van der Waals surface area contributed by atoms with E-state index in [4.69, 9.17) is 11.0 Å². The number of alkyl halides is 3. The second-order valence-corrected chi connectivity index (χ2v) is 2.57. The maximum atomic E-state index is 12.2. The number of hydrogen-bond donors (Lipinski definition) is 1. The average molecular weight is 201 g/mol. The first-order valence-corrected chi connectivity index (χ1v) is 3.63. The molecule has 0 spiro atoms. The minimum atomic E-state index is -4.44. The van der Waals surface area contributed by atoms with Gasteiger partial charge in [0.1, 0.15) is 6.04 Å². The Balaban J connectivity index is 3.09. The quantitative estimate of drug-likeness (QED) is 0.750. The van der Waals surface area contributed by atoms with Crippen LogP contribution < -0.4 is 5.73 Å². The molecule has 0 amide bonds. The maximum Gasteiger partial charge on any atom is 0.416 e. The van der Waals surface area contributed by atoms with Crippen LogP contribution in [-0.2, 0) is 6.18 Å². The molecule has 0 aliphatic heterocycles. The van der Waals surface area contributed by atoms with Gasteiger partial charge in [0, 0.05) is 6.20 Å². The van der Waals surface area contributed by atoms with Crippen molar-refractivity contribution in [2.75, 3.05) is 0 Å². The van der Waals surface area contributed by atoms with Gasteiger partial charge in [0.2, 0.25) is 0 Å². The standard InChI is InChI=1S/C8H6F3N3/c9-8(10,11)5-1-2-14-7(3-5)6(13)4-12/h1-3,6H,13H2/t6-/m0/s1. The molecule has 1 heterocycles. The number of aromatic nitrogens is 1. The van der Waals surface area contributed by atoms with Crippen molar-refractivity contribution in [2.45, 2.75) is 12.2 Å². The van der Waals surface area contributed by atoms with E-state index in [0.29, 0.717) is 0 Å². The van der Waals surface area contributed by atoms with Crippen LogP contribution in [0.2, 0.25) is 0 Å². The molecule has 1 rings (SSSR count). The largest absolute Gasteiger partial charge is 0.416 e. The van der Waals surface area contributed by atoms with E-state index >= 15 is 0 Å². The Bertz CT molecular complexity index is 367. The Morgan fingerprint density at radius 1 is 1.50 bits per heavy atom. The lowest BCUT2D eigenvalue weighted by Crippen LogP contribution is -2.12. The van der Waals surface area contributed by atoms with Crippen molar-refractivity contribution in [1.29, 1.82) is 5.26 Å². The summed E-state index contributed by atoms with van der Waals surface area (Å²) in [6.07, 6.45) is -3.46. The average Bonchev–Trinajstić information content (AvgIpc) is 2.15. The van der Waals surface area contributed by atoms with Crippen molar-refractivity contribution in [3.63, 3.8) is 0 Å². The second kappa shape index (κ2) is 3.64. The smallest absolute Gasteiger partial charge is 0.311 e. The zero-order valence-electron chi connectivity index (χ0n) is 6.92. The van der Waals surface area contributed by atoms with Gasteiger partial charge in [0.25, 0.3) is 0 Å². The van der Waals surface area contributed by atoms with E-state index in [0.717, 1.165) is 18.3 Å². The fraction of sp³-hybridized carbons (Fsp3) is 0.250. The van der Waals surface area contributed by atoms with E-state index in [1.165, 1.54) is 0 Å². The fourth-order valence-corrected chi connectivity index (χ4v) is 0.861. The SMILES string of the molecule is N#C[C@H](N)c1cc(C(F)(F)F)ccn1. The van der Waals surface area contributed by atoms with Gasteiger partial charge in [-0.1, -0.05) is 0 Å². The topological polar surface area (TPSA) is 62.7 Å². The van der Waals surface area contributed by atoms with E-state index in [9.17, 15) is 13.2 Å². The lowest BCUT2D eigenvalue weighted by atomic mass is 10.1.